The summed E-state index contributed by atoms with van der Waals surface area (Å²) in [5.41, 5.74) is 2.38. The maximum atomic E-state index is 12.1. The molecule has 1 aromatic carbocycles. The van der Waals surface area contributed by atoms with E-state index in [1.165, 1.54) is 0 Å². The Morgan fingerprint density at radius 1 is 1.26 bits per heavy atom. The van der Waals surface area contributed by atoms with E-state index >= 15 is 0 Å². The molecule has 2 aromatic rings. The number of aldehydes is 1. The fraction of sp³-hybridized carbons (Fsp3) is 0.200. The van der Waals surface area contributed by atoms with Gasteiger partial charge in [0.1, 0.15) is 6.04 Å². The molecule has 1 unspecified atom stereocenters. The van der Waals surface area contributed by atoms with Gasteiger partial charge in [0.05, 0.1) is 5.69 Å². The minimum Gasteiger partial charge on any atom is -0.333 e. The van der Waals surface area contributed by atoms with Gasteiger partial charge in [-0.3, -0.25) is 9.59 Å². The Bertz CT molecular complexity index is 584. The van der Waals surface area contributed by atoms with Crippen LogP contribution in [0.25, 0.3) is 0 Å². The highest BCUT2D eigenvalue weighted by Crippen LogP contribution is 2.14. The zero-order valence-corrected chi connectivity index (χ0v) is 11.0. The maximum Gasteiger partial charge on any atom is 0.247 e. The largest absolute Gasteiger partial charge is 0.333 e. The highest BCUT2D eigenvalue weighted by Gasteiger charge is 2.16. The quantitative estimate of drug-likeness (QED) is 0.855. The first-order valence-electron chi connectivity index (χ1n) is 6.11. The minimum atomic E-state index is -0.434. The lowest BCUT2D eigenvalue weighted by Crippen LogP contribution is -2.24. The number of aromatic nitrogens is 1. The van der Waals surface area contributed by atoms with Crippen LogP contribution in [0.2, 0.25) is 0 Å². The van der Waals surface area contributed by atoms with Crippen LogP contribution in [0.4, 0.5) is 5.69 Å². The van der Waals surface area contributed by atoms with E-state index < -0.39 is 6.04 Å². The van der Waals surface area contributed by atoms with Crippen LogP contribution in [-0.2, 0) is 4.79 Å². The zero-order valence-electron chi connectivity index (χ0n) is 11.0. The Balaban J connectivity index is 2.11. The van der Waals surface area contributed by atoms with Gasteiger partial charge in [-0.1, -0.05) is 17.7 Å². The van der Waals surface area contributed by atoms with Gasteiger partial charge in [0.2, 0.25) is 5.91 Å². The fourth-order valence-corrected chi connectivity index (χ4v) is 1.87. The van der Waals surface area contributed by atoms with Gasteiger partial charge in [0.15, 0.2) is 6.29 Å². The average molecular weight is 256 g/mol. The monoisotopic (exact) mass is 256 g/mol. The van der Waals surface area contributed by atoms with Crippen molar-refractivity contribution in [3.8, 4) is 0 Å². The molecule has 0 saturated heterocycles. The number of hydrogen-bond acceptors (Lipinski definition) is 2. The van der Waals surface area contributed by atoms with E-state index in [2.05, 4.69) is 5.32 Å². The third-order valence-electron chi connectivity index (χ3n) is 3.05. The first kappa shape index (κ1) is 13.1. The molecule has 1 atom stereocenters. The number of carbonyl (C=O) groups excluding carboxylic acids is 2. The average Bonchev–Trinajstić information content (AvgIpc) is 2.88. The number of anilines is 1. The van der Waals surface area contributed by atoms with Crippen molar-refractivity contribution >= 4 is 17.9 Å². The van der Waals surface area contributed by atoms with Crippen molar-refractivity contribution in [2.24, 2.45) is 0 Å². The van der Waals surface area contributed by atoms with Gasteiger partial charge >= 0.3 is 0 Å². The van der Waals surface area contributed by atoms with Gasteiger partial charge in [-0.25, -0.2) is 0 Å². The highest BCUT2D eigenvalue weighted by atomic mass is 16.2. The maximum absolute atomic E-state index is 12.1. The first-order valence-corrected chi connectivity index (χ1v) is 6.11. The molecule has 4 heteroatoms. The molecule has 0 bridgehead atoms. The Hall–Kier alpha value is -2.36. The molecule has 0 spiro atoms. The van der Waals surface area contributed by atoms with Crippen LogP contribution in [-0.4, -0.2) is 16.8 Å². The topological polar surface area (TPSA) is 51.1 Å². The van der Waals surface area contributed by atoms with Gasteiger partial charge in [-0.05, 0) is 38.1 Å². The molecular weight excluding hydrogens is 240 g/mol. The summed E-state index contributed by atoms with van der Waals surface area (Å²) >= 11 is 0. The van der Waals surface area contributed by atoms with Crippen molar-refractivity contribution in [2.75, 3.05) is 5.32 Å². The van der Waals surface area contributed by atoms with E-state index in [9.17, 15) is 9.59 Å². The second-order valence-electron chi connectivity index (χ2n) is 4.49. The summed E-state index contributed by atoms with van der Waals surface area (Å²) in [6.07, 6.45) is 2.47. The molecule has 0 aliphatic rings. The Morgan fingerprint density at radius 2 is 1.95 bits per heavy atom. The summed E-state index contributed by atoms with van der Waals surface area (Å²) in [7, 11) is 0. The van der Waals surface area contributed by atoms with Gasteiger partial charge in [-0.2, -0.15) is 0 Å². The number of carbonyl (C=O) groups is 2. The number of rotatable bonds is 4. The third kappa shape index (κ3) is 2.91. The standard InChI is InChI=1S/C15H16N2O2/c1-11-5-7-13(8-6-11)16-15(19)12(2)17-9-3-4-14(17)10-18/h3-10,12H,1-2H3,(H,16,19). The SMILES string of the molecule is Cc1ccc(NC(=O)C(C)n2cccc2C=O)cc1. The summed E-state index contributed by atoms with van der Waals surface area (Å²) < 4.78 is 1.65. The number of aryl methyl sites for hydroxylation is 1. The smallest absolute Gasteiger partial charge is 0.247 e. The Morgan fingerprint density at radius 3 is 2.58 bits per heavy atom. The van der Waals surface area contributed by atoms with Gasteiger partial charge in [0, 0.05) is 11.9 Å². The minimum absolute atomic E-state index is 0.150. The number of nitrogens with one attached hydrogen (secondary N) is 1. The van der Waals surface area contributed by atoms with E-state index in [1.807, 2.05) is 31.2 Å². The third-order valence-corrected chi connectivity index (χ3v) is 3.05. The van der Waals surface area contributed by atoms with Crippen molar-refractivity contribution < 1.29 is 9.59 Å². The van der Waals surface area contributed by atoms with Crippen LogP contribution >= 0.6 is 0 Å². The van der Waals surface area contributed by atoms with E-state index in [0.717, 1.165) is 17.5 Å². The van der Waals surface area contributed by atoms with Gasteiger partial charge in [-0.15, -0.1) is 0 Å². The molecule has 1 aromatic heterocycles. The van der Waals surface area contributed by atoms with Crippen LogP contribution in [0.1, 0.15) is 29.0 Å². The molecule has 0 radical (unpaired) electrons. The molecule has 0 aliphatic carbocycles. The number of hydrogen-bond donors (Lipinski definition) is 1. The van der Waals surface area contributed by atoms with E-state index in [0.29, 0.717) is 5.69 Å². The predicted octanol–water partition coefficient (Wildman–Crippen LogP) is 2.81. The molecule has 98 valence electrons. The molecular formula is C15H16N2O2. The molecule has 0 saturated carbocycles. The summed E-state index contributed by atoms with van der Waals surface area (Å²) in [6.45, 7) is 3.75. The normalized spacial score (nSPS) is 11.9. The van der Waals surface area contributed by atoms with Crippen LogP contribution in [0.5, 0.6) is 0 Å². The molecule has 1 amide bonds. The summed E-state index contributed by atoms with van der Waals surface area (Å²) in [5, 5.41) is 2.83. The van der Waals surface area contributed by atoms with Gasteiger partial charge in [0.25, 0.3) is 0 Å². The van der Waals surface area contributed by atoms with Crippen LogP contribution in [0.3, 0.4) is 0 Å². The van der Waals surface area contributed by atoms with E-state index in [-0.39, 0.29) is 5.91 Å². The molecule has 1 heterocycles. The molecule has 2 rings (SSSR count). The number of nitrogens with zero attached hydrogens (tertiary/aromatic N) is 1. The molecule has 1 N–H and O–H groups in total. The lowest BCUT2D eigenvalue weighted by molar-refractivity contribution is -0.118. The van der Waals surface area contributed by atoms with Crippen molar-refractivity contribution in [1.82, 2.24) is 4.57 Å². The Kier molecular flexibility index (Phi) is 3.80. The zero-order chi connectivity index (χ0) is 13.8. The number of amides is 1. The second kappa shape index (κ2) is 5.52. The van der Waals surface area contributed by atoms with Crippen molar-refractivity contribution in [2.45, 2.75) is 19.9 Å². The summed E-state index contributed by atoms with van der Waals surface area (Å²) in [6, 6.07) is 10.6. The summed E-state index contributed by atoms with van der Waals surface area (Å²) in [5.74, 6) is -0.150. The predicted molar refractivity (Wildman–Crippen MR) is 74.3 cm³/mol. The lowest BCUT2D eigenvalue weighted by Gasteiger charge is -2.15. The van der Waals surface area contributed by atoms with Crippen molar-refractivity contribution in [3.63, 3.8) is 0 Å². The second-order valence-corrected chi connectivity index (χ2v) is 4.49. The van der Waals surface area contributed by atoms with Crippen molar-refractivity contribution in [3.05, 3.63) is 53.9 Å². The van der Waals surface area contributed by atoms with E-state index in [4.69, 9.17) is 0 Å². The van der Waals surface area contributed by atoms with E-state index in [1.54, 1.807) is 29.8 Å². The van der Waals surface area contributed by atoms with Crippen LogP contribution in [0.15, 0.2) is 42.6 Å². The molecule has 19 heavy (non-hydrogen) atoms. The van der Waals surface area contributed by atoms with Gasteiger partial charge < -0.3 is 9.88 Å². The van der Waals surface area contributed by atoms with Crippen molar-refractivity contribution in [1.29, 1.82) is 0 Å². The molecule has 4 nitrogen and oxygen atoms in total. The fourth-order valence-electron chi connectivity index (χ4n) is 1.87. The molecule has 0 aliphatic heterocycles. The molecule has 0 fully saturated rings. The van der Waals surface area contributed by atoms with Crippen LogP contribution < -0.4 is 5.32 Å². The lowest BCUT2D eigenvalue weighted by atomic mass is 10.2. The first-order chi connectivity index (χ1) is 9.11. The summed E-state index contributed by atoms with van der Waals surface area (Å²) in [4.78, 5) is 23.0. The number of benzene rings is 1. The van der Waals surface area contributed by atoms with Crippen LogP contribution in [0, 0.1) is 6.92 Å². The Labute approximate surface area is 112 Å². The highest BCUT2D eigenvalue weighted by molar-refractivity contribution is 5.94.